The molecule has 1 aromatic heterocycles. The summed E-state index contributed by atoms with van der Waals surface area (Å²) >= 11 is 3.64. The molecule has 1 aliphatic carbocycles. The molecule has 0 unspecified atom stereocenters. The second-order valence-electron chi connectivity index (χ2n) is 4.99. The zero-order chi connectivity index (χ0) is 13.1. The minimum Gasteiger partial charge on any atom is -0.308 e. The topological polar surface area (TPSA) is 24.9 Å². The highest BCUT2D eigenvalue weighted by atomic mass is 32.2. The Balaban J connectivity index is 1.51. The number of aromatic nitrogens is 1. The SMILES string of the molecule is Cc1cccc(SCc2nc(CNC3CC3)cs2)c1. The molecule has 0 bridgehead atoms. The summed E-state index contributed by atoms with van der Waals surface area (Å²) in [7, 11) is 0. The maximum Gasteiger partial charge on any atom is 0.103 e. The van der Waals surface area contributed by atoms with E-state index in [1.807, 2.05) is 11.8 Å². The molecule has 1 heterocycles. The van der Waals surface area contributed by atoms with Gasteiger partial charge in [-0.15, -0.1) is 23.1 Å². The smallest absolute Gasteiger partial charge is 0.103 e. The number of hydrogen-bond acceptors (Lipinski definition) is 4. The minimum atomic E-state index is 0.756. The first-order valence-electron chi connectivity index (χ1n) is 6.66. The fourth-order valence-corrected chi connectivity index (χ4v) is 3.71. The summed E-state index contributed by atoms with van der Waals surface area (Å²) in [5.74, 6) is 0.970. The van der Waals surface area contributed by atoms with Gasteiger partial charge in [-0.1, -0.05) is 17.7 Å². The molecule has 0 atom stereocenters. The second-order valence-corrected chi connectivity index (χ2v) is 6.98. The highest BCUT2D eigenvalue weighted by molar-refractivity contribution is 7.98. The quantitative estimate of drug-likeness (QED) is 0.814. The molecule has 1 aliphatic rings. The Morgan fingerprint density at radius 2 is 2.32 bits per heavy atom. The van der Waals surface area contributed by atoms with E-state index in [0.717, 1.165) is 18.3 Å². The molecule has 1 saturated carbocycles. The van der Waals surface area contributed by atoms with E-state index in [0.29, 0.717) is 0 Å². The van der Waals surface area contributed by atoms with Crippen molar-refractivity contribution in [1.29, 1.82) is 0 Å². The van der Waals surface area contributed by atoms with Gasteiger partial charge in [-0.05, 0) is 31.9 Å². The Bertz CT molecular complexity index is 547. The van der Waals surface area contributed by atoms with Crippen LogP contribution in [0.25, 0.3) is 0 Å². The fraction of sp³-hybridized carbons (Fsp3) is 0.400. The lowest BCUT2D eigenvalue weighted by Crippen LogP contribution is -2.15. The van der Waals surface area contributed by atoms with Crippen LogP contribution in [0.1, 0.15) is 29.1 Å². The molecule has 0 amide bonds. The molecule has 1 fully saturated rings. The van der Waals surface area contributed by atoms with Crippen LogP contribution in [0.2, 0.25) is 0 Å². The number of nitrogens with one attached hydrogen (secondary N) is 1. The van der Waals surface area contributed by atoms with E-state index < -0.39 is 0 Å². The predicted octanol–water partition coefficient (Wildman–Crippen LogP) is 4.00. The van der Waals surface area contributed by atoms with Gasteiger partial charge in [0.1, 0.15) is 5.01 Å². The monoisotopic (exact) mass is 290 g/mol. The molecular formula is C15H18N2S2. The third-order valence-corrected chi connectivity index (χ3v) is 5.19. The van der Waals surface area contributed by atoms with Crippen molar-refractivity contribution in [1.82, 2.24) is 10.3 Å². The third-order valence-electron chi connectivity index (χ3n) is 3.10. The highest BCUT2D eigenvalue weighted by Crippen LogP contribution is 2.25. The van der Waals surface area contributed by atoms with Crippen molar-refractivity contribution in [3.8, 4) is 0 Å². The van der Waals surface area contributed by atoms with Crippen LogP contribution in [0.4, 0.5) is 0 Å². The summed E-state index contributed by atoms with van der Waals surface area (Å²) in [6.45, 7) is 3.06. The lowest BCUT2D eigenvalue weighted by molar-refractivity contribution is 0.676. The molecule has 19 heavy (non-hydrogen) atoms. The van der Waals surface area contributed by atoms with Crippen LogP contribution in [0.3, 0.4) is 0 Å². The molecule has 0 radical (unpaired) electrons. The van der Waals surface area contributed by atoms with Gasteiger partial charge < -0.3 is 5.32 Å². The number of benzene rings is 1. The Kier molecular flexibility index (Phi) is 4.21. The Hall–Kier alpha value is -0.840. The minimum absolute atomic E-state index is 0.756. The molecule has 0 spiro atoms. The summed E-state index contributed by atoms with van der Waals surface area (Å²) in [5, 5.41) is 6.91. The highest BCUT2D eigenvalue weighted by Gasteiger charge is 2.20. The van der Waals surface area contributed by atoms with Gasteiger partial charge in [0, 0.05) is 22.9 Å². The first-order valence-corrected chi connectivity index (χ1v) is 8.52. The van der Waals surface area contributed by atoms with Gasteiger partial charge in [0.15, 0.2) is 0 Å². The fourth-order valence-electron chi connectivity index (χ4n) is 1.88. The lowest BCUT2D eigenvalue weighted by Gasteiger charge is -2.00. The number of rotatable bonds is 6. The first-order chi connectivity index (χ1) is 9.29. The molecule has 2 aromatic rings. The number of aryl methyl sites for hydroxylation is 1. The Morgan fingerprint density at radius 3 is 3.11 bits per heavy atom. The molecule has 2 nitrogen and oxygen atoms in total. The van der Waals surface area contributed by atoms with E-state index in [9.17, 15) is 0 Å². The molecule has 0 saturated heterocycles. The van der Waals surface area contributed by atoms with Crippen LogP contribution < -0.4 is 5.32 Å². The Morgan fingerprint density at radius 1 is 1.42 bits per heavy atom. The van der Waals surface area contributed by atoms with Gasteiger partial charge >= 0.3 is 0 Å². The third kappa shape index (κ3) is 4.06. The van der Waals surface area contributed by atoms with Crippen molar-refractivity contribution in [2.75, 3.05) is 0 Å². The standard InChI is InChI=1S/C15H18N2S2/c1-11-3-2-4-14(7-11)18-10-15-17-13(9-19-15)8-16-12-5-6-12/h2-4,7,9,12,16H,5-6,8,10H2,1H3. The van der Waals surface area contributed by atoms with Crippen molar-refractivity contribution in [3.05, 3.63) is 45.9 Å². The van der Waals surface area contributed by atoms with Crippen LogP contribution in [0.5, 0.6) is 0 Å². The van der Waals surface area contributed by atoms with E-state index in [-0.39, 0.29) is 0 Å². The normalized spacial score (nSPS) is 14.8. The molecular weight excluding hydrogens is 272 g/mol. The predicted molar refractivity (Wildman–Crippen MR) is 82.7 cm³/mol. The van der Waals surface area contributed by atoms with Crippen LogP contribution in [-0.2, 0) is 12.3 Å². The van der Waals surface area contributed by atoms with Crippen molar-refractivity contribution in [3.63, 3.8) is 0 Å². The molecule has 1 N–H and O–H groups in total. The maximum absolute atomic E-state index is 4.68. The number of hydrogen-bond donors (Lipinski definition) is 1. The van der Waals surface area contributed by atoms with E-state index in [1.54, 1.807) is 11.3 Å². The van der Waals surface area contributed by atoms with E-state index >= 15 is 0 Å². The number of nitrogens with zero attached hydrogens (tertiary/aromatic N) is 1. The van der Waals surface area contributed by atoms with Gasteiger partial charge in [-0.2, -0.15) is 0 Å². The van der Waals surface area contributed by atoms with Crippen LogP contribution >= 0.6 is 23.1 Å². The van der Waals surface area contributed by atoms with E-state index in [1.165, 1.54) is 34.0 Å². The van der Waals surface area contributed by atoms with Crippen molar-refractivity contribution >= 4 is 23.1 Å². The van der Waals surface area contributed by atoms with Crippen molar-refractivity contribution in [2.45, 2.75) is 43.0 Å². The number of thiazole rings is 1. The summed E-state index contributed by atoms with van der Waals surface area (Å²) in [6, 6.07) is 9.40. The van der Waals surface area contributed by atoms with Crippen LogP contribution in [0, 0.1) is 6.92 Å². The zero-order valence-corrected chi connectivity index (χ0v) is 12.7. The number of thioether (sulfide) groups is 1. The molecule has 4 heteroatoms. The maximum atomic E-state index is 4.68. The average Bonchev–Trinajstić information content (AvgIpc) is 3.13. The summed E-state index contributed by atoms with van der Waals surface area (Å²) in [6.07, 6.45) is 2.67. The van der Waals surface area contributed by atoms with Crippen molar-refractivity contribution in [2.24, 2.45) is 0 Å². The average molecular weight is 290 g/mol. The zero-order valence-electron chi connectivity index (χ0n) is 11.1. The summed E-state index contributed by atoms with van der Waals surface area (Å²) in [5.41, 5.74) is 2.51. The Labute approximate surface area is 122 Å². The van der Waals surface area contributed by atoms with Gasteiger partial charge in [0.25, 0.3) is 0 Å². The molecule has 3 rings (SSSR count). The molecule has 0 aliphatic heterocycles. The molecule has 1 aromatic carbocycles. The van der Waals surface area contributed by atoms with E-state index in [4.69, 9.17) is 0 Å². The summed E-state index contributed by atoms with van der Waals surface area (Å²) < 4.78 is 0. The van der Waals surface area contributed by atoms with Crippen LogP contribution in [0.15, 0.2) is 34.5 Å². The largest absolute Gasteiger partial charge is 0.308 e. The van der Waals surface area contributed by atoms with Gasteiger partial charge in [0.2, 0.25) is 0 Å². The molecule has 100 valence electrons. The lowest BCUT2D eigenvalue weighted by atomic mass is 10.2. The second kappa shape index (κ2) is 6.07. The summed E-state index contributed by atoms with van der Waals surface area (Å²) in [4.78, 5) is 6.01. The van der Waals surface area contributed by atoms with Gasteiger partial charge in [-0.25, -0.2) is 4.98 Å². The van der Waals surface area contributed by atoms with Crippen LogP contribution in [-0.4, -0.2) is 11.0 Å². The van der Waals surface area contributed by atoms with Crippen molar-refractivity contribution < 1.29 is 0 Å². The first kappa shape index (κ1) is 13.2. The van der Waals surface area contributed by atoms with E-state index in [2.05, 4.69) is 46.9 Å². The van der Waals surface area contributed by atoms with Gasteiger partial charge in [0.05, 0.1) is 11.4 Å². The van der Waals surface area contributed by atoms with Gasteiger partial charge in [-0.3, -0.25) is 0 Å².